The van der Waals surface area contributed by atoms with Crippen LogP contribution in [0.4, 0.5) is 5.69 Å². The van der Waals surface area contributed by atoms with Crippen molar-refractivity contribution in [1.82, 2.24) is 5.32 Å². The standard InChI is InChI=1S/C21H26N2O2/c1-16-5-4-6-18(15-16)25-20-8-3-2-7-19(20)23-21(24)10-9-17-11-13-22-14-12-17/h2-8,15,17,22H,9-14H2,1H3,(H,23,24). The molecule has 0 bridgehead atoms. The van der Waals surface area contributed by atoms with E-state index in [1.807, 2.05) is 55.5 Å². The third kappa shape index (κ3) is 5.33. The summed E-state index contributed by atoms with van der Waals surface area (Å²) in [6.07, 6.45) is 3.85. The SMILES string of the molecule is Cc1cccc(Oc2ccccc2NC(=O)CCC2CCNCC2)c1. The van der Waals surface area contributed by atoms with Crippen molar-refractivity contribution < 1.29 is 9.53 Å². The lowest BCUT2D eigenvalue weighted by Crippen LogP contribution is -2.28. The fourth-order valence-corrected chi connectivity index (χ4v) is 3.18. The van der Waals surface area contributed by atoms with Gasteiger partial charge in [-0.25, -0.2) is 0 Å². The number of carbonyl (C=O) groups is 1. The molecular formula is C21H26N2O2. The molecule has 0 radical (unpaired) electrons. The van der Waals surface area contributed by atoms with Crippen molar-refractivity contribution in [2.45, 2.75) is 32.6 Å². The number of piperidine rings is 1. The Morgan fingerprint density at radius 3 is 2.76 bits per heavy atom. The van der Waals surface area contributed by atoms with Gasteiger partial charge < -0.3 is 15.4 Å². The molecule has 2 N–H and O–H groups in total. The largest absolute Gasteiger partial charge is 0.455 e. The van der Waals surface area contributed by atoms with E-state index in [1.165, 1.54) is 12.8 Å². The number of benzene rings is 2. The van der Waals surface area contributed by atoms with Crippen LogP contribution in [-0.4, -0.2) is 19.0 Å². The van der Waals surface area contributed by atoms with Gasteiger partial charge in [0.25, 0.3) is 0 Å². The second-order valence-electron chi connectivity index (χ2n) is 6.69. The normalized spacial score (nSPS) is 14.9. The third-order valence-electron chi connectivity index (χ3n) is 4.62. The smallest absolute Gasteiger partial charge is 0.224 e. The molecule has 1 aliphatic heterocycles. The van der Waals surface area contributed by atoms with Crippen LogP contribution in [0.15, 0.2) is 48.5 Å². The molecule has 1 amide bonds. The van der Waals surface area contributed by atoms with Gasteiger partial charge in [0.05, 0.1) is 5.69 Å². The molecule has 0 spiro atoms. The fraction of sp³-hybridized carbons (Fsp3) is 0.381. The molecule has 0 unspecified atom stereocenters. The number of carbonyl (C=O) groups excluding carboxylic acids is 1. The summed E-state index contributed by atoms with van der Waals surface area (Å²) in [7, 11) is 0. The molecule has 1 aliphatic rings. The Morgan fingerprint density at radius 2 is 1.96 bits per heavy atom. The van der Waals surface area contributed by atoms with Gasteiger partial charge in [0, 0.05) is 6.42 Å². The summed E-state index contributed by atoms with van der Waals surface area (Å²) in [5.74, 6) is 2.16. The van der Waals surface area contributed by atoms with E-state index in [2.05, 4.69) is 10.6 Å². The third-order valence-corrected chi connectivity index (χ3v) is 4.62. The number of para-hydroxylation sites is 2. The molecule has 1 saturated heterocycles. The lowest BCUT2D eigenvalue weighted by atomic mass is 9.93. The fourth-order valence-electron chi connectivity index (χ4n) is 3.18. The summed E-state index contributed by atoms with van der Waals surface area (Å²) < 4.78 is 5.96. The maximum absolute atomic E-state index is 12.3. The zero-order chi connectivity index (χ0) is 17.5. The first-order valence-corrected chi connectivity index (χ1v) is 9.05. The van der Waals surface area contributed by atoms with Crippen LogP contribution in [0.2, 0.25) is 0 Å². The summed E-state index contributed by atoms with van der Waals surface area (Å²) in [6, 6.07) is 15.5. The average molecular weight is 338 g/mol. The first kappa shape index (κ1) is 17.5. The maximum atomic E-state index is 12.3. The van der Waals surface area contributed by atoms with Gasteiger partial charge in [-0.3, -0.25) is 4.79 Å². The average Bonchev–Trinajstić information content (AvgIpc) is 2.63. The van der Waals surface area contributed by atoms with E-state index in [9.17, 15) is 4.79 Å². The van der Waals surface area contributed by atoms with E-state index in [0.717, 1.165) is 36.5 Å². The molecule has 4 nitrogen and oxygen atoms in total. The minimum absolute atomic E-state index is 0.0545. The zero-order valence-electron chi connectivity index (χ0n) is 14.8. The second kappa shape index (κ2) is 8.67. The van der Waals surface area contributed by atoms with Crippen LogP contribution in [0.5, 0.6) is 11.5 Å². The van der Waals surface area contributed by atoms with E-state index in [-0.39, 0.29) is 5.91 Å². The van der Waals surface area contributed by atoms with E-state index in [4.69, 9.17) is 4.74 Å². The molecule has 4 heteroatoms. The van der Waals surface area contributed by atoms with Gasteiger partial charge in [-0.2, -0.15) is 0 Å². The first-order chi connectivity index (χ1) is 12.2. The van der Waals surface area contributed by atoms with Gasteiger partial charge >= 0.3 is 0 Å². The predicted octanol–water partition coefficient (Wildman–Crippen LogP) is 4.51. The minimum Gasteiger partial charge on any atom is -0.455 e. The van der Waals surface area contributed by atoms with Crippen LogP contribution in [0.3, 0.4) is 0 Å². The Labute approximate surface area is 149 Å². The van der Waals surface area contributed by atoms with Crippen LogP contribution in [-0.2, 0) is 4.79 Å². The Hall–Kier alpha value is -2.33. The lowest BCUT2D eigenvalue weighted by molar-refractivity contribution is -0.116. The number of ether oxygens (including phenoxy) is 1. The lowest BCUT2D eigenvalue weighted by Gasteiger charge is -2.22. The molecule has 132 valence electrons. The molecule has 3 rings (SSSR count). The highest BCUT2D eigenvalue weighted by molar-refractivity contribution is 5.92. The quantitative estimate of drug-likeness (QED) is 0.815. The number of anilines is 1. The molecule has 2 aromatic rings. The first-order valence-electron chi connectivity index (χ1n) is 9.05. The number of amides is 1. The van der Waals surface area contributed by atoms with Crippen molar-refractivity contribution >= 4 is 11.6 Å². The van der Waals surface area contributed by atoms with E-state index in [1.54, 1.807) is 0 Å². The zero-order valence-corrected chi connectivity index (χ0v) is 14.8. The van der Waals surface area contributed by atoms with Gasteiger partial charge in [0.2, 0.25) is 5.91 Å². The highest BCUT2D eigenvalue weighted by atomic mass is 16.5. The van der Waals surface area contributed by atoms with Crippen molar-refractivity contribution in [3.8, 4) is 11.5 Å². The van der Waals surface area contributed by atoms with E-state index < -0.39 is 0 Å². The molecule has 0 saturated carbocycles. The summed E-state index contributed by atoms with van der Waals surface area (Å²) in [6.45, 7) is 4.17. The molecule has 25 heavy (non-hydrogen) atoms. The number of nitrogens with one attached hydrogen (secondary N) is 2. The van der Waals surface area contributed by atoms with Gasteiger partial charge in [-0.15, -0.1) is 0 Å². The summed E-state index contributed by atoms with van der Waals surface area (Å²) in [5.41, 5.74) is 1.86. The van der Waals surface area contributed by atoms with Gasteiger partial charge in [0.1, 0.15) is 5.75 Å². The Balaban J connectivity index is 1.59. The van der Waals surface area contributed by atoms with Crippen molar-refractivity contribution in [2.75, 3.05) is 18.4 Å². The Bertz CT molecular complexity index is 709. The van der Waals surface area contributed by atoms with Gasteiger partial charge in [-0.05, 0) is 75.0 Å². The van der Waals surface area contributed by atoms with Gasteiger partial charge in [0.15, 0.2) is 5.75 Å². The predicted molar refractivity (Wildman–Crippen MR) is 101 cm³/mol. The molecule has 2 aromatic carbocycles. The number of hydrogen-bond acceptors (Lipinski definition) is 3. The molecular weight excluding hydrogens is 312 g/mol. The minimum atomic E-state index is 0.0545. The number of rotatable bonds is 6. The molecule has 0 aromatic heterocycles. The monoisotopic (exact) mass is 338 g/mol. The van der Waals surface area contributed by atoms with E-state index in [0.29, 0.717) is 18.1 Å². The molecule has 1 heterocycles. The second-order valence-corrected chi connectivity index (χ2v) is 6.69. The number of aryl methyl sites for hydroxylation is 1. The molecule has 1 fully saturated rings. The van der Waals surface area contributed by atoms with Gasteiger partial charge in [-0.1, -0.05) is 24.3 Å². The Kier molecular flexibility index (Phi) is 6.07. The van der Waals surface area contributed by atoms with Crippen LogP contribution in [0.1, 0.15) is 31.2 Å². The highest BCUT2D eigenvalue weighted by Crippen LogP contribution is 2.30. The molecule has 0 aliphatic carbocycles. The van der Waals surface area contributed by atoms with Crippen molar-refractivity contribution in [1.29, 1.82) is 0 Å². The number of hydrogen-bond donors (Lipinski definition) is 2. The topological polar surface area (TPSA) is 50.4 Å². The van der Waals surface area contributed by atoms with E-state index >= 15 is 0 Å². The van der Waals surface area contributed by atoms with Crippen LogP contribution in [0, 0.1) is 12.8 Å². The van der Waals surface area contributed by atoms with Crippen LogP contribution < -0.4 is 15.4 Å². The maximum Gasteiger partial charge on any atom is 0.224 e. The van der Waals surface area contributed by atoms with Crippen molar-refractivity contribution in [3.05, 3.63) is 54.1 Å². The summed E-state index contributed by atoms with van der Waals surface area (Å²) >= 11 is 0. The van der Waals surface area contributed by atoms with Crippen LogP contribution >= 0.6 is 0 Å². The van der Waals surface area contributed by atoms with Crippen molar-refractivity contribution in [3.63, 3.8) is 0 Å². The Morgan fingerprint density at radius 1 is 1.16 bits per heavy atom. The molecule has 0 atom stereocenters. The van der Waals surface area contributed by atoms with Crippen molar-refractivity contribution in [2.24, 2.45) is 5.92 Å². The summed E-state index contributed by atoms with van der Waals surface area (Å²) in [5, 5.41) is 6.37. The van der Waals surface area contributed by atoms with Crippen LogP contribution in [0.25, 0.3) is 0 Å². The summed E-state index contributed by atoms with van der Waals surface area (Å²) in [4.78, 5) is 12.3. The highest BCUT2D eigenvalue weighted by Gasteiger charge is 2.15.